The number of aliphatic hydroxyl groups excluding tert-OH is 2. The van der Waals surface area contributed by atoms with Gasteiger partial charge in [-0.25, -0.2) is 0 Å². The van der Waals surface area contributed by atoms with Crippen LogP contribution >= 0.6 is 0 Å². The Hall–Kier alpha value is -3.75. The van der Waals surface area contributed by atoms with E-state index in [1.54, 1.807) is 12.0 Å². The molecule has 4 N–H and O–H groups in total. The van der Waals surface area contributed by atoms with E-state index in [9.17, 15) is 15.0 Å². The molecule has 0 saturated carbocycles. The van der Waals surface area contributed by atoms with Crippen molar-refractivity contribution in [1.29, 1.82) is 0 Å². The lowest BCUT2D eigenvalue weighted by molar-refractivity contribution is -0.192. The molecule has 7 heteroatoms. The van der Waals surface area contributed by atoms with Gasteiger partial charge in [0.25, 0.3) is 0 Å². The number of rotatable bonds is 10. The van der Waals surface area contributed by atoms with Crippen LogP contribution in [0.1, 0.15) is 29.2 Å². The number of para-hydroxylation sites is 1. The maximum Gasteiger partial charge on any atom is 0.240 e. The molecule has 4 aromatic rings. The SMILES string of the molecule is C[C@H](O)[C@H]1ON(Cc2ccc(/C=C/c3ccccc3)cc2)C(C(=O)NCCc2c[nH]c3ccccc23)[C@H]1CO. The number of H-pyrrole nitrogens is 1. The Kier molecular flexibility index (Phi) is 8.54. The second-order valence-electron chi connectivity index (χ2n) is 10.1. The molecule has 39 heavy (non-hydrogen) atoms. The van der Waals surface area contributed by atoms with Gasteiger partial charge >= 0.3 is 0 Å². The van der Waals surface area contributed by atoms with E-state index in [0.717, 1.165) is 33.2 Å². The number of fused-ring (bicyclic) bond motifs is 1. The number of aromatic nitrogens is 1. The Morgan fingerprint density at radius 1 is 1.03 bits per heavy atom. The second-order valence-corrected chi connectivity index (χ2v) is 10.1. The van der Waals surface area contributed by atoms with Gasteiger partial charge in [-0.2, -0.15) is 5.06 Å². The quantitative estimate of drug-likeness (QED) is 0.233. The van der Waals surface area contributed by atoms with Crippen LogP contribution in [0.2, 0.25) is 0 Å². The number of nitrogens with one attached hydrogen (secondary N) is 2. The van der Waals surface area contributed by atoms with Crippen LogP contribution in [0.25, 0.3) is 23.1 Å². The van der Waals surface area contributed by atoms with E-state index in [2.05, 4.69) is 40.7 Å². The maximum atomic E-state index is 13.4. The lowest BCUT2D eigenvalue weighted by atomic mass is 9.92. The molecule has 1 aliphatic rings. The lowest BCUT2D eigenvalue weighted by Crippen LogP contribution is -2.48. The minimum atomic E-state index is -0.834. The van der Waals surface area contributed by atoms with Crippen molar-refractivity contribution < 1.29 is 19.8 Å². The van der Waals surface area contributed by atoms with Crippen LogP contribution in [0.15, 0.2) is 85.1 Å². The number of benzene rings is 3. The van der Waals surface area contributed by atoms with Gasteiger partial charge in [-0.05, 0) is 41.7 Å². The molecule has 1 amide bonds. The van der Waals surface area contributed by atoms with Crippen molar-refractivity contribution in [3.63, 3.8) is 0 Å². The van der Waals surface area contributed by atoms with Gasteiger partial charge in [0.05, 0.1) is 19.3 Å². The molecule has 7 nitrogen and oxygen atoms in total. The van der Waals surface area contributed by atoms with E-state index in [1.165, 1.54) is 0 Å². The van der Waals surface area contributed by atoms with Gasteiger partial charge in [-0.1, -0.05) is 84.9 Å². The van der Waals surface area contributed by atoms with Crippen LogP contribution in [0.4, 0.5) is 0 Å². The fourth-order valence-electron chi connectivity index (χ4n) is 5.24. The molecule has 1 fully saturated rings. The zero-order valence-electron chi connectivity index (χ0n) is 22.0. The number of hydroxylamine groups is 2. The minimum absolute atomic E-state index is 0.223. The molecule has 202 valence electrons. The Balaban J connectivity index is 1.25. The van der Waals surface area contributed by atoms with Crippen LogP contribution in [-0.4, -0.2) is 57.6 Å². The highest BCUT2D eigenvalue weighted by atomic mass is 16.7. The first-order chi connectivity index (χ1) is 19.0. The van der Waals surface area contributed by atoms with Gasteiger partial charge in [-0.3, -0.25) is 9.63 Å². The fraction of sp³-hybridized carbons (Fsp3) is 0.281. The molecule has 4 atom stereocenters. The molecule has 0 spiro atoms. The topological polar surface area (TPSA) is 97.8 Å². The van der Waals surface area contributed by atoms with Crippen LogP contribution in [0.3, 0.4) is 0 Å². The first-order valence-electron chi connectivity index (χ1n) is 13.4. The van der Waals surface area contributed by atoms with Crippen molar-refractivity contribution >= 4 is 29.0 Å². The van der Waals surface area contributed by atoms with E-state index >= 15 is 0 Å². The normalized spacial score (nSPS) is 20.5. The predicted molar refractivity (Wildman–Crippen MR) is 153 cm³/mol. The minimum Gasteiger partial charge on any atom is -0.396 e. The molecule has 2 heterocycles. The third-order valence-corrected chi connectivity index (χ3v) is 7.30. The summed E-state index contributed by atoms with van der Waals surface area (Å²) in [4.78, 5) is 22.7. The largest absolute Gasteiger partial charge is 0.396 e. The third kappa shape index (κ3) is 6.29. The van der Waals surface area contributed by atoms with E-state index in [1.807, 2.05) is 66.9 Å². The molecule has 0 bridgehead atoms. The smallest absolute Gasteiger partial charge is 0.240 e. The van der Waals surface area contributed by atoms with Crippen LogP contribution in [0, 0.1) is 5.92 Å². The number of aromatic amines is 1. The summed E-state index contributed by atoms with van der Waals surface area (Å²) in [5, 5.41) is 26.3. The molecular formula is C32H35N3O4. The van der Waals surface area contributed by atoms with Crippen molar-refractivity contribution in [3.05, 3.63) is 107 Å². The molecule has 3 aromatic carbocycles. The molecule has 1 unspecified atom stereocenters. The summed E-state index contributed by atoms with van der Waals surface area (Å²) >= 11 is 0. The summed E-state index contributed by atoms with van der Waals surface area (Å²) in [5.74, 6) is -0.773. The van der Waals surface area contributed by atoms with Gasteiger partial charge < -0.3 is 20.5 Å². The van der Waals surface area contributed by atoms with Gasteiger partial charge in [0.2, 0.25) is 5.91 Å². The zero-order chi connectivity index (χ0) is 27.2. The highest BCUT2D eigenvalue weighted by Crippen LogP contribution is 2.31. The number of aliphatic hydroxyl groups is 2. The van der Waals surface area contributed by atoms with Crippen molar-refractivity contribution in [3.8, 4) is 0 Å². The van der Waals surface area contributed by atoms with Crippen molar-refractivity contribution in [1.82, 2.24) is 15.4 Å². The summed E-state index contributed by atoms with van der Waals surface area (Å²) in [6.07, 6.45) is 5.26. The number of hydrogen-bond donors (Lipinski definition) is 4. The molecule has 0 aliphatic carbocycles. The van der Waals surface area contributed by atoms with Gasteiger partial charge in [0, 0.05) is 29.6 Å². The maximum absolute atomic E-state index is 13.4. The molecular weight excluding hydrogens is 490 g/mol. The number of hydrogen-bond acceptors (Lipinski definition) is 5. The monoisotopic (exact) mass is 525 g/mol. The Morgan fingerprint density at radius 3 is 2.44 bits per heavy atom. The number of carbonyl (C=O) groups excluding carboxylic acids is 1. The predicted octanol–water partition coefficient (Wildman–Crippen LogP) is 4.17. The Bertz CT molecular complexity index is 1400. The fourth-order valence-corrected chi connectivity index (χ4v) is 5.24. The average molecular weight is 526 g/mol. The van der Waals surface area contributed by atoms with E-state index < -0.39 is 24.2 Å². The first kappa shape index (κ1) is 26.8. The van der Waals surface area contributed by atoms with Crippen molar-refractivity contribution in [2.24, 2.45) is 5.92 Å². The molecule has 1 aromatic heterocycles. The van der Waals surface area contributed by atoms with Crippen LogP contribution in [-0.2, 0) is 22.6 Å². The summed E-state index contributed by atoms with van der Waals surface area (Å²) in [5.41, 5.74) is 5.35. The number of nitrogens with zero attached hydrogens (tertiary/aromatic N) is 1. The highest BCUT2D eigenvalue weighted by molar-refractivity contribution is 5.84. The van der Waals surface area contributed by atoms with Gasteiger partial charge in [0.1, 0.15) is 12.1 Å². The third-order valence-electron chi connectivity index (χ3n) is 7.30. The highest BCUT2D eigenvalue weighted by Gasteiger charge is 2.48. The molecule has 1 aliphatic heterocycles. The summed E-state index contributed by atoms with van der Waals surface area (Å²) in [6.45, 7) is 2.15. The standard InChI is InChI=1S/C32H35N3O4/c1-22(37)31-28(21-36)30(32(38)33-18-17-26-19-34-29-10-6-5-9-27(26)29)35(39-31)20-25-15-13-24(14-16-25)12-11-23-7-3-2-4-8-23/h2-16,19,22,28,30-31,34,36-37H,17-18,20-21H2,1H3,(H,33,38)/b12-11+/t22-,28+,30?,31+/m0/s1. The van der Waals surface area contributed by atoms with Crippen LogP contribution < -0.4 is 5.32 Å². The van der Waals surface area contributed by atoms with Crippen LogP contribution in [0.5, 0.6) is 0 Å². The average Bonchev–Trinajstić information content (AvgIpc) is 3.54. The van der Waals surface area contributed by atoms with Crippen molar-refractivity contribution in [2.75, 3.05) is 13.2 Å². The Labute approximate surface area is 228 Å². The lowest BCUT2D eigenvalue weighted by Gasteiger charge is -2.24. The van der Waals surface area contributed by atoms with E-state index in [4.69, 9.17) is 4.84 Å². The number of carbonyl (C=O) groups is 1. The van der Waals surface area contributed by atoms with Gasteiger partial charge in [0.15, 0.2) is 0 Å². The number of amides is 1. The first-order valence-corrected chi connectivity index (χ1v) is 13.4. The summed E-state index contributed by atoms with van der Waals surface area (Å²) in [6, 6.07) is 25.5. The molecule has 1 saturated heterocycles. The molecule has 5 rings (SSSR count). The van der Waals surface area contributed by atoms with E-state index in [0.29, 0.717) is 19.5 Å². The van der Waals surface area contributed by atoms with E-state index in [-0.39, 0.29) is 12.5 Å². The molecule has 0 radical (unpaired) electrons. The van der Waals surface area contributed by atoms with Crippen molar-refractivity contribution in [2.45, 2.75) is 38.1 Å². The zero-order valence-corrected chi connectivity index (χ0v) is 22.0. The second kappa shape index (κ2) is 12.4. The Morgan fingerprint density at radius 2 is 1.72 bits per heavy atom. The summed E-state index contributed by atoms with van der Waals surface area (Å²) in [7, 11) is 0. The summed E-state index contributed by atoms with van der Waals surface area (Å²) < 4.78 is 0. The van der Waals surface area contributed by atoms with Gasteiger partial charge in [-0.15, -0.1) is 0 Å².